The molecule has 0 aromatic heterocycles. The smallest absolute Gasteiger partial charge is 0.348 e. The van der Waals surface area contributed by atoms with Crippen LogP contribution in [-0.2, 0) is 9.63 Å². The van der Waals surface area contributed by atoms with E-state index in [0.717, 1.165) is 0 Å². The molecule has 0 unspecified atom stereocenters. The van der Waals surface area contributed by atoms with Crippen molar-refractivity contribution >= 4 is 5.97 Å². The predicted octanol–water partition coefficient (Wildman–Crippen LogP) is 0.794. The first-order valence-corrected chi connectivity index (χ1v) is 2.81. The molecule has 0 amide bonds. The molecule has 5 heteroatoms. The normalized spacial score (nSPS) is 12.7. The Bertz CT molecular complexity index is 134. The average molecular weight is 147 g/mol. The summed E-state index contributed by atoms with van der Waals surface area (Å²) in [5, 5.41) is 10.4. The van der Waals surface area contributed by atoms with Crippen molar-refractivity contribution in [1.82, 2.24) is 0 Å². The molecule has 1 N–H and O–H groups in total. The minimum absolute atomic E-state index is 0.254. The monoisotopic (exact) mass is 147 g/mol. The van der Waals surface area contributed by atoms with Crippen LogP contribution in [0, 0.1) is 10.8 Å². The molecule has 1 atom stereocenters. The quantitative estimate of drug-likeness (QED) is 0.471. The van der Waals surface area contributed by atoms with Crippen molar-refractivity contribution in [2.75, 3.05) is 0 Å². The highest BCUT2D eigenvalue weighted by Crippen LogP contribution is 2.06. The summed E-state index contributed by atoms with van der Waals surface area (Å²) in [6.45, 7) is 3.26. The Hall–Kier alpha value is -1.13. The molecule has 0 aromatic rings. The van der Waals surface area contributed by atoms with Crippen LogP contribution >= 0.6 is 0 Å². The first kappa shape index (κ1) is 8.87. The molecule has 0 bridgehead atoms. The molecule has 0 aliphatic heterocycles. The molecule has 0 rings (SSSR count). The maximum absolute atomic E-state index is 10.2. The Morgan fingerprint density at radius 3 is 2.20 bits per heavy atom. The van der Waals surface area contributed by atoms with Crippen molar-refractivity contribution in [3.8, 4) is 0 Å². The van der Waals surface area contributed by atoms with Gasteiger partial charge in [0.2, 0.25) is 6.10 Å². The second-order valence-electron chi connectivity index (χ2n) is 2.18. The minimum atomic E-state index is -1.17. The SMILES string of the molecule is CC(C)[C@H](ON=O)C(=O)O. The summed E-state index contributed by atoms with van der Waals surface area (Å²) in [6, 6.07) is 0. The Morgan fingerprint density at radius 2 is 2.10 bits per heavy atom. The van der Waals surface area contributed by atoms with Gasteiger partial charge in [-0.1, -0.05) is 13.8 Å². The van der Waals surface area contributed by atoms with Crippen molar-refractivity contribution in [3.05, 3.63) is 4.91 Å². The molecule has 5 nitrogen and oxygen atoms in total. The Morgan fingerprint density at radius 1 is 1.60 bits per heavy atom. The van der Waals surface area contributed by atoms with E-state index in [-0.39, 0.29) is 5.92 Å². The highest BCUT2D eigenvalue weighted by Gasteiger charge is 2.23. The van der Waals surface area contributed by atoms with Crippen LogP contribution in [0.15, 0.2) is 5.34 Å². The number of carboxylic acid groups (broad SMARTS) is 1. The Balaban J connectivity index is 3.97. The summed E-state index contributed by atoms with van der Waals surface area (Å²) in [7, 11) is 0. The zero-order valence-electron chi connectivity index (χ0n) is 5.77. The maximum atomic E-state index is 10.2. The third-order valence-electron chi connectivity index (χ3n) is 1.01. The molecule has 0 aliphatic carbocycles. The van der Waals surface area contributed by atoms with Gasteiger partial charge in [0.15, 0.2) is 5.34 Å². The fourth-order valence-corrected chi connectivity index (χ4v) is 0.498. The molecular formula is C5H9NO4. The van der Waals surface area contributed by atoms with Gasteiger partial charge in [-0.05, 0) is 0 Å². The summed E-state index contributed by atoms with van der Waals surface area (Å²) in [5.41, 5.74) is 0. The highest BCUT2D eigenvalue weighted by atomic mass is 16.7. The van der Waals surface area contributed by atoms with E-state index in [4.69, 9.17) is 5.11 Å². The van der Waals surface area contributed by atoms with E-state index in [9.17, 15) is 9.70 Å². The largest absolute Gasteiger partial charge is 0.478 e. The van der Waals surface area contributed by atoms with Gasteiger partial charge < -0.3 is 9.94 Å². The zero-order valence-corrected chi connectivity index (χ0v) is 5.77. The van der Waals surface area contributed by atoms with Crippen LogP contribution in [-0.4, -0.2) is 17.2 Å². The van der Waals surface area contributed by atoms with Crippen LogP contribution in [0.2, 0.25) is 0 Å². The first-order chi connectivity index (χ1) is 4.59. The van der Waals surface area contributed by atoms with E-state index in [2.05, 4.69) is 4.84 Å². The van der Waals surface area contributed by atoms with Crippen molar-refractivity contribution < 1.29 is 14.7 Å². The van der Waals surface area contributed by atoms with E-state index in [1.54, 1.807) is 13.8 Å². The summed E-state index contributed by atoms with van der Waals surface area (Å²) < 4.78 is 0. The fourth-order valence-electron chi connectivity index (χ4n) is 0.498. The lowest BCUT2D eigenvalue weighted by atomic mass is 10.1. The van der Waals surface area contributed by atoms with Crippen LogP contribution in [0.25, 0.3) is 0 Å². The standard InChI is InChI=1S/C5H9NO4/c1-3(2)4(5(7)8)10-6-9/h3-4H,1-2H3,(H,7,8)/t4-/m0/s1. The van der Waals surface area contributed by atoms with Gasteiger partial charge in [-0.2, -0.15) is 0 Å². The third kappa shape index (κ3) is 2.43. The number of carboxylic acids is 1. The van der Waals surface area contributed by atoms with E-state index in [1.807, 2.05) is 5.34 Å². The van der Waals surface area contributed by atoms with Crippen molar-refractivity contribution in [1.29, 1.82) is 0 Å². The second-order valence-corrected chi connectivity index (χ2v) is 2.18. The fraction of sp³-hybridized carbons (Fsp3) is 0.800. The molecule has 0 aliphatic rings. The Kier molecular flexibility index (Phi) is 3.38. The molecule has 0 radical (unpaired) electrons. The van der Waals surface area contributed by atoms with Crippen molar-refractivity contribution in [3.63, 3.8) is 0 Å². The van der Waals surface area contributed by atoms with Gasteiger partial charge in [-0.15, -0.1) is 4.91 Å². The summed E-state index contributed by atoms with van der Waals surface area (Å²) in [6.07, 6.45) is -1.13. The second kappa shape index (κ2) is 3.81. The van der Waals surface area contributed by atoms with Gasteiger partial charge in [0, 0.05) is 5.92 Å². The third-order valence-corrected chi connectivity index (χ3v) is 1.01. The molecule has 0 heterocycles. The number of rotatable bonds is 4. The lowest BCUT2D eigenvalue weighted by Crippen LogP contribution is -2.27. The molecule has 10 heavy (non-hydrogen) atoms. The number of nitrogens with zero attached hydrogens (tertiary/aromatic N) is 1. The van der Waals surface area contributed by atoms with Crippen LogP contribution in [0.4, 0.5) is 0 Å². The highest BCUT2D eigenvalue weighted by molar-refractivity contribution is 5.72. The van der Waals surface area contributed by atoms with E-state index < -0.39 is 12.1 Å². The number of hydrogen-bond donors (Lipinski definition) is 1. The number of hydrogen-bond acceptors (Lipinski definition) is 4. The van der Waals surface area contributed by atoms with Crippen LogP contribution in [0.5, 0.6) is 0 Å². The summed E-state index contributed by atoms with van der Waals surface area (Å²) in [4.78, 5) is 23.7. The van der Waals surface area contributed by atoms with Gasteiger partial charge >= 0.3 is 5.97 Å². The van der Waals surface area contributed by atoms with Gasteiger partial charge in [0.1, 0.15) is 0 Å². The summed E-state index contributed by atoms with van der Waals surface area (Å²) in [5.74, 6) is -1.43. The van der Waals surface area contributed by atoms with Crippen molar-refractivity contribution in [2.24, 2.45) is 11.3 Å². The van der Waals surface area contributed by atoms with Gasteiger partial charge in [0.25, 0.3) is 0 Å². The van der Waals surface area contributed by atoms with E-state index >= 15 is 0 Å². The number of carbonyl (C=O) groups is 1. The van der Waals surface area contributed by atoms with E-state index in [0.29, 0.717) is 0 Å². The molecular weight excluding hydrogens is 138 g/mol. The van der Waals surface area contributed by atoms with Crippen LogP contribution < -0.4 is 0 Å². The molecule has 58 valence electrons. The zero-order chi connectivity index (χ0) is 8.15. The Labute approximate surface area is 57.9 Å². The molecule has 0 saturated carbocycles. The lowest BCUT2D eigenvalue weighted by Gasteiger charge is -2.10. The topological polar surface area (TPSA) is 76.0 Å². The van der Waals surface area contributed by atoms with Crippen molar-refractivity contribution in [2.45, 2.75) is 20.0 Å². The number of aliphatic carboxylic acids is 1. The summed E-state index contributed by atoms with van der Waals surface area (Å²) >= 11 is 0. The lowest BCUT2D eigenvalue weighted by molar-refractivity contribution is -0.153. The first-order valence-electron chi connectivity index (χ1n) is 2.81. The predicted molar refractivity (Wildman–Crippen MR) is 33.1 cm³/mol. The molecule has 0 saturated heterocycles. The minimum Gasteiger partial charge on any atom is -0.478 e. The molecule has 0 fully saturated rings. The van der Waals surface area contributed by atoms with Crippen LogP contribution in [0.1, 0.15) is 13.8 Å². The van der Waals surface area contributed by atoms with Gasteiger partial charge in [0.05, 0.1) is 0 Å². The van der Waals surface area contributed by atoms with Gasteiger partial charge in [-0.25, -0.2) is 4.79 Å². The molecule has 0 aromatic carbocycles. The van der Waals surface area contributed by atoms with Gasteiger partial charge in [-0.3, -0.25) is 0 Å². The molecule has 0 spiro atoms. The maximum Gasteiger partial charge on any atom is 0.348 e. The average Bonchev–Trinajstić information content (AvgIpc) is 1.81. The van der Waals surface area contributed by atoms with Crippen LogP contribution in [0.3, 0.4) is 0 Å². The van der Waals surface area contributed by atoms with E-state index in [1.165, 1.54) is 0 Å².